The Morgan fingerprint density at radius 3 is 1.63 bits per heavy atom. The van der Waals surface area contributed by atoms with E-state index in [-0.39, 0.29) is 11.8 Å². The number of hydrogen-bond acceptors (Lipinski definition) is 8. The van der Waals surface area contributed by atoms with Crippen molar-refractivity contribution in [3.05, 3.63) is 0 Å². The summed E-state index contributed by atoms with van der Waals surface area (Å²) in [5.41, 5.74) is -0.990. The smallest absolute Gasteiger partial charge is 0.150 e. The van der Waals surface area contributed by atoms with E-state index in [2.05, 4.69) is 37.5 Å². The zero-order valence-electron chi connectivity index (χ0n) is 16.6. The van der Waals surface area contributed by atoms with Crippen molar-refractivity contribution in [1.29, 1.82) is 0 Å². The van der Waals surface area contributed by atoms with Gasteiger partial charge >= 0.3 is 0 Å². The molecule has 27 heavy (non-hydrogen) atoms. The van der Waals surface area contributed by atoms with Gasteiger partial charge in [-0.05, 0) is 11.8 Å². The van der Waals surface area contributed by atoms with Crippen LogP contribution in [0.5, 0.6) is 0 Å². The van der Waals surface area contributed by atoms with Gasteiger partial charge in [0, 0.05) is 26.2 Å². The first kappa shape index (κ1) is 21.1. The van der Waals surface area contributed by atoms with E-state index in [4.69, 9.17) is 5.11 Å². The van der Waals surface area contributed by atoms with Crippen molar-refractivity contribution in [2.75, 3.05) is 32.8 Å². The number of aliphatic hydroxyl groups excluding tert-OH is 5. The quantitative estimate of drug-likeness (QED) is 0.349. The van der Waals surface area contributed by atoms with Gasteiger partial charge in [0.15, 0.2) is 5.78 Å². The molecule has 0 radical (unpaired) electrons. The van der Waals surface area contributed by atoms with Crippen LogP contribution in [0, 0.1) is 22.7 Å². The van der Waals surface area contributed by atoms with Crippen LogP contribution in [-0.2, 0) is 4.79 Å². The normalized spacial score (nSPS) is 42.6. The molecule has 4 fully saturated rings. The van der Waals surface area contributed by atoms with Crippen molar-refractivity contribution in [2.24, 2.45) is 22.7 Å². The molecule has 4 rings (SSSR count). The Labute approximate surface area is 160 Å². The van der Waals surface area contributed by atoms with Crippen molar-refractivity contribution >= 4 is 5.78 Å². The predicted molar refractivity (Wildman–Crippen MR) is 97.6 cm³/mol. The average molecular weight is 386 g/mol. The van der Waals surface area contributed by atoms with E-state index in [1.165, 1.54) is 0 Å². The van der Waals surface area contributed by atoms with Gasteiger partial charge in [0.1, 0.15) is 24.4 Å². The highest BCUT2D eigenvalue weighted by molar-refractivity contribution is 5.94. The maximum absolute atomic E-state index is 13.5. The van der Waals surface area contributed by atoms with Gasteiger partial charge in [-0.2, -0.15) is 0 Å². The summed E-state index contributed by atoms with van der Waals surface area (Å²) in [7, 11) is 0. The Morgan fingerprint density at radius 1 is 0.889 bits per heavy atom. The summed E-state index contributed by atoms with van der Waals surface area (Å²) in [6, 6.07) is 0. The van der Waals surface area contributed by atoms with Gasteiger partial charge < -0.3 is 25.5 Å². The summed E-state index contributed by atoms with van der Waals surface area (Å²) < 4.78 is 0. The number of aliphatic hydroxyl groups is 5. The molecular weight excluding hydrogens is 352 g/mol. The van der Waals surface area contributed by atoms with E-state index in [0.29, 0.717) is 32.0 Å². The number of Topliss-reactive ketones (excluding diaryl/α,β-unsaturated/α-hetero) is 1. The molecule has 0 aromatic carbocycles. The molecule has 156 valence electrons. The van der Waals surface area contributed by atoms with Crippen molar-refractivity contribution < 1.29 is 30.3 Å². The van der Waals surface area contributed by atoms with Crippen LogP contribution in [0.4, 0.5) is 0 Å². The number of ketones is 1. The lowest BCUT2D eigenvalue weighted by molar-refractivity contribution is -0.244. The second-order valence-corrected chi connectivity index (χ2v) is 9.40. The van der Waals surface area contributed by atoms with E-state index in [1.54, 1.807) is 0 Å². The zero-order valence-corrected chi connectivity index (χ0v) is 16.6. The molecule has 0 aromatic heterocycles. The SMILES string of the molecule is CC(C)C12CN3CC(C(C)C)(CN(C1)C3[C@@H](O)[C@H](O)[C@H](O)[C@@H](O)CO)C2=O. The number of hydrogen-bond donors (Lipinski definition) is 5. The van der Waals surface area contributed by atoms with Gasteiger partial charge in [-0.15, -0.1) is 0 Å². The maximum atomic E-state index is 13.5. The predicted octanol–water partition coefficient (Wildman–Crippen LogP) is -1.75. The summed E-state index contributed by atoms with van der Waals surface area (Å²) >= 11 is 0. The number of rotatable bonds is 7. The van der Waals surface area contributed by atoms with Crippen LogP contribution in [-0.4, -0.2) is 104 Å². The van der Waals surface area contributed by atoms with Gasteiger partial charge in [0.05, 0.1) is 23.6 Å². The van der Waals surface area contributed by atoms with E-state index in [9.17, 15) is 25.2 Å². The molecule has 4 heterocycles. The fraction of sp³-hybridized carbons (Fsp3) is 0.947. The number of carbonyl (C=O) groups is 1. The molecule has 4 aliphatic rings. The van der Waals surface area contributed by atoms with Crippen LogP contribution in [0.2, 0.25) is 0 Å². The molecule has 4 bridgehead atoms. The lowest BCUT2D eigenvalue weighted by Crippen LogP contribution is -2.83. The highest BCUT2D eigenvalue weighted by Crippen LogP contribution is 2.54. The largest absolute Gasteiger partial charge is 0.394 e. The van der Waals surface area contributed by atoms with E-state index in [0.717, 1.165) is 0 Å². The molecule has 8 nitrogen and oxygen atoms in total. The third-order valence-corrected chi connectivity index (χ3v) is 7.39. The third kappa shape index (κ3) is 2.88. The Kier molecular flexibility index (Phi) is 5.49. The fourth-order valence-electron chi connectivity index (χ4n) is 5.45. The number of nitrogens with zero attached hydrogens (tertiary/aromatic N) is 2. The van der Waals surface area contributed by atoms with E-state index < -0.39 is 48.0 Å². The summed E-state index contributed by atoms with van der Waals surface area (Å²) in [5, 5.41) is 49.8. The van der Waals surface area contributed by atoms with E-state index in [1.807, 2.05) is 0 Å². The van der Waals surface area contributed by atoms with Crippen molar-refractivity contribution in [3.8, 4) is 0 Å². The van der Waals surface area contributed by atoms with Crippen molar-refractivity contribution in [2.45, 2.75) is 58.3 Å². The highest BCUT2D eigenvalue weighted by Gasteiger charge is 2.68. The first-order valence-electron chi connectivity index (χ1n) is 9.88. The standard InChI is InChI=1S/C19H34N2O6/c1-10(2)18-6-20-8-19(11(3)4,17(18)27)9-21(7-18)16(20)15(26)14(25)13(24)12(23)5-22/h10-16,22-26H,5-9H2,1-4H3/t12-,13+,14+,15-,16?,18?,19?/m0/s1. The molecule has 0 unspecified atom stereocenters. The van der Waals surface area contributed by atoms with Gasteiger partial charge in [0.25, 0.3) is 0 Å². The van der Waals surface area contributed by atoms with Gasteiger partial charge in [0.2, 0.25) is 0 Å². The van der Waals surface area contributed by atoms with Crippen LogP contribution >= 0.6 is 0 Å². The Hall–Kier alpha value is -0.610. The van der Waals surface area contributed by atoms with Crippen molar-refractivity contribution in [3.63, 3.8) is 0 Å². The van der Waals surface area contributed by atoms with E-state index >= 15 is 0 Å². The fourth-order valence-corrected chi connectivity index (χ4v) is 5.45. The highest BCUT2D eigenvalue weighted by atomic mass is 16.4. The molecule has 4 aliphatic heterocycles. The second kappa shape index (κ2) is 7.02. The Morgan fingerprint density at radius 2 is 1.30 bits per heavy atom. The van der Waals surface area contributed by atoms with Gasteiger partial charge in [-0.25, -0.2) is 0 Å². The molecule has 4 saturated heterocycles. The van der Waals surface area contributed by atoms with Gasteiger partial charge in [-0.1, -0.05) is 27.7 Å². The lowest BCUT2D eigenvalue weighted by Gasteiger charge is -2.69. The lowest BCUT2D eigenvalue weighted by atomic mass is 9.53. The molecule has 5 N–H and O–H groups in total. The second-order valence-electron chi connectivity index (χ2n) is 9.40. The molecule has 0 saturated carbocycles. The third-order valence-electron chi connectivity index (χ3n) is 7.39. The molecule has 0 aliphatic carbocycles. The zero-order chi connectivity index (χ0) is 20.3. The molecule has 0 aromatic rings. The summed E-state index contributed by atoms with van der Waals surface area (Å²) in [6.07, 6.45) is -6.64. The molecule has 0 amide bonds. The van der Waals surface area contributed by atoms with Crippen LogP contribution in [0.1, 0.15) is 27.7 Å². The minimum absolute atomic E-state index is 0.151. The minimum Gasteiger partial charge on any atom is -0.394 e. The average Bonchev–Trinajstić information content (AvgIpc) is 2.62. The van der Waals surface area contributed by atoms with Crippen molar-refractivity contribution in [1.82, 2.24) is 9.80 Å². The van der Waals surface area contributed by atoms with Gasteiger partial charge in [-0.3, -0.25) is 14.6 Å². The molecular formula is C19H34N2O6. The summed E-state index contributed by atoms with van der Waals surface area (Å²) in [5.74, 6) is 0.619. The van der Waals surface area contributed by atoms with Crippen LogP contribution < -0.4 is 0 Å². The summed E-state index contributed by atoms with van der Waals surface area (Å²) in [4.78, 5) is 17.6. The monoisotopic (exact) mass is 386 g/mol. The summed E-state index contributed by atoms with van der Waals surface area (Å²) in [6.45, 7) is 9.59. The number of piperidine rings is 2. The van der Waals surface area contributed by atoms with Crippen LogP contribution in [0.15, 0.2) is 0 Å². The molecule has 4 atom stereocenters. The first-order chi connectivity index (χ1) is 12.5. The van der Waals surface area contributed by atoms with Crippen LogP contribution in [0.3, 0.4) is 0 Å². The number of carbonyl (C=O) groups excluding carboxylic acids is 1. The topological polar surface area (TPSA) is 125 Å². The minimum atomic E-state index is -1.65. The molecule has 8 heteroatoms. The maximum Gasteiger partial charge on any atom is 0.150 e. The molecule has 0 spiro atoms. The Balaban J connectivity index is 1.91. The van der Waals surface area contributed by atoms with Crippen LogP contribution in [0.25, 0.3) is 0 Å². The first-order valence-corrected chi connectivity index (χ1v) is 9.88. The Bertz CT molecular complexity index is 537.